The van der Waals surface area contributed by atoms with E-state index in [1.54, 1.807) is 25.3 Å². The minimum absolute atomic E-state index is 0.194. The first-order valence-corrected chi connectivity index (χ1v) is 8.92. The summed E-state index contributed by atoms with van der Waals surface area (Å²) in [5, 5.41) is 5.82. The van der Waals surface area contributed by atoms with Gasteiger partial charge in [0.05, 0.1) is 19.3 Å². The Bertz CT molecular complexity index is 768. The van der Waals surface area contributed by atoms with Crippen molar-refractivity contribution in [1.82, 2.24) is 5.32 Å². The molecule has 25 heavy (non-hydrogen) atoms. The summed E-state index contributed by atoms with van der Waals surface area (Å²) in [7, 11) is 1.59. The minimum atomic E-state index is -0.340. The highest BCUT2D eigenvalue weighted by Crippen LogP contribution is 2.23. The molecule has 0 unspecified atom stereocenters. The average Bonchev–Trinajstić information content (AvgIpc) is 2.60. The van der Waals surface area contributed by atoms with Crippen molar-refractivity contribution in [2.45, 2.75) is 13.3 Å². The number of hydrogen-bond donors (Lipinski definition) is 2. The van der Waals surface area contributed by atoms with Crippen molar-refractivity contribution in [3.63, 3.8) is 0 Å². The molecule has 5 nitrogen and oxygen atoms in total. The maximum absolute atomic E-state index is 12.5. The fraction of sp³-hybridized carbons (Fsp3) is 0.222. The Balaban J connectivity index is 2.07. The largest absolute Gasteiger partial charge is 0.497 e. The van der Waals surface area contributed by atoms with Crippen LogP contribution < -0.4 is 20.1 Å². The number of nitrogens with one attached hydrogen (secondary N) is 2. The van der Waals surface area contributed by atoms with Gasteiger partial charge in [0, 0.05) is 16.2 Å². The fourth-order valence-electron chi connectivity index (χ4n) is 2.05. The molecule has 0 radical (unpaired) electrons. The van der Waals surface area contributed by atoms with Crippen LogP contribution in [0.25, 0.3) is 0 Å². The quantitative estimate of drug-likeness (QED) is 0.676. The van der Waals surface area contributed by atoms with Crippen LogP contribution in [0.1, 0.15) is 23.7 Å². The van der Waals surface area contributed by atoms with Crippen LogP contribution in [0, 0.1) is 0 Å². The second-order valence-electron chi connectivity index (χ2n) is 5.13. The van der Waals surface area contributed by atoms with Gasteiger partial charge in [-0.3, -0.25) is 10.1 Å². The van der Waals surface area contributed by atoms with Crippen LogP contribution in [-0.4, -0.2) is 24.7 Å². The van der Waals surface area contributed by atoms with Crippen LogP contribution in [0.15, 0.2) is 46.9 Å². The number of methoxy groups -OCH3 is 1. The number of halogens is 1. The first-order valence-electron chi connectivity index (χ1n) is 7.72. The van der Waals surface area contributed by atoms with Crippen LogP contribution in [0.4, 0.5) is 5.69 Å². The van der Waals surface area contributed by atoms with E-state index >= 15 is 0 Å². The molecule has 0 saturated carbocycles. The van der Waals surface area contributed by atoms with Crippen molar-refractivity contribution < 1.29 is 14.3 Å². The van der Waals surface area contributed by atoms with Crippen LogP contribution >= 0.6 is 28.1 Å². The number of anilines is 1. The van der Waals surface area contributed by atoms with Crippen molar-refractivity contribution >= 4 is 44.9 Å². The van der Waals surface area contributed by atoms with Crippen molar-refractivity contribution in [1.29, 1.82) is 0 Å². The van der Waals surface area contributed by atoms with Gasteiger partial charge in [0.1, 0.15) is 11.5 Å². The molecule has 2 aromatic rings. The summed E-state index contributed by atoms with van der Waals surface area (Å²) >= 11 is 8.59. The van der Waals surface area contributed by atoms with Gasteiger partial charge in [0.2, 0.25) is 0 Å². The maximum Gasteiger partial charge on any atom is 0.261 e. The topological polar surface area (TPSA) is 59.6 Å². The first kappa shape index (κ1) is 19.2. The SMILES string of the molecule is CCCOc1ccc(Br)cc1C(=O)NC(=S)Nc1cccc(OC)c1. The predicted octanol–water partition coefficient (Wildman–Crippen LogP) is 4.37. The highest BCUT2D eigenvalue weighted by molar-refractivity contribution is 9.10. The molecule has 0 atom stereocenters. The first-order chi connectivity index (χ1) is 12.0. The highest BCUT2D eigenvalue weighted by atomic mass is 79.9. The summed E-state index contributed by atoms with van der Waals surface area (Å²) in [5.41, 5.74) is 1.14. The normalized spacial score (nSPS) is 10.0. The number of carbonyl (C=O) groups excluding carboxylic acids is 1. The Morgan fingerprint density at radius 3 is 2.76 bits per heavy atom. The summed E-state index contributed by atoms with van der Waals surface area (Å²) < 4.78 is 11.6. The number of hydrogen-bond acceptors (Lipinski definition) is 4. The van der Waals surface area contributed by atoms with Crippen molar-refractivity contribution in [2.75, 3.05) is 19.0 Å². The van der Waals surface area contributed by atoms with Gasteiger partial charge < -0.3 is 14.8 Å². The summed E-state index contributed by atoms with van der Waals surface area (Å²) in [4.78, 5) is 12.5. The lowest BCUT2D eigenvalue weighted by Gasteiger charge is -2.13. The lowest BCUT2D eigenvalue weighted by Crippen LogP contribution is -2.34. The number of amides is 1. The minimum Gasteiger partial charge on any atom is -0.497 e. The second kappa shape index (κ2) is 9.39. The van der Waals surface area contributed by atoms with E-state index in [4.69, 9.17) is 21.7 Å². The lowest BCUT2D eigenvalue weighted by atomic mass is 10.2. The van der Waals surface area contributed by atoms with Crippen molar-refractivity contribution in [2.24, 2.45) is 0 Å². The average molecular weight is 423 g/mol. The third-order valence-electron chi connectivity index (χ3n) is 3.20. The van der Waals surface area contributed by atoms with E-state index in [2.05, 4.69) is 26.6 Å². The Kier molecular flexibility index (Phi) is 7.21. The Morgan fingerprint density at radius 1 is 1.24 bits per heavy atom. The molecule has 0 spiro atoms. The third-order valence-corrected chi connectivity index (χ3v) is 3.90. The Hall–Kier alpha value is -2.12. The van der Waals surface area contributed by atoms with E-state index in [-0.39, 0.29) is 11.0 Å². The number of benzene rings is 2. The highest BCUT2D eigenvalue weighted by Gasteiger charge is 2.15. The molecule has 7 heteroatoms. The molecule has 2 aromatic carbocycles. The predicted molar refractivity (Wildman–Crippen MR) is 107 cm³/mol. The van der Waals surface area contributed by atoms with Crippen molar-refractivity contribution in [3.8, 4) is 11.5 Å². The third kappa shape index (κ3) is 5.72. The van der Waals surface area contributed by atoms with Gasteiger partial charge in [-0.05, 0) is 49.0 Å². The van der Waals surface area contributed by atoms with Crippen molar-refractivity contribution in [3.05, 3.63) is 52.5 Å². The Morgan fingerprint density at radius 2 is 2.04 bits per heavy atom. The van der Waals surface area contributed by atoms with Gasteiger partial charge in [0.25, 0.3) is 5.91 Å². The fourth-order valence-corrected chi connectivity index (χ4v) is 2.62. The summed E-state index contributed by atoms with van der Waals surface area (Å²) in [6.07, 6.45) is 0.854. The number of ether oxygens (including phenoxy) is 2. The van der Waals surface area contributed by atoms with E-state index in [1.165, 1.54) is 0 Å². The molecule has 0 aliphatic carbocycles. The number of thiocarbonyl (C=S) groups is 1. The molecule has 0 aromatic heterocycles. The molecular weight excluding hydrogens is 404 g/mol. The molecule has 2 rings (SSSR count). The van der Waals surface area contributed by atoms with E-state index in [0.29, 0.717) is 23.7 Å². The van der Waals surface area contributed by atoms with E-state index in [0.717, 1.165) is 16.6 Å². The van der Waals surface area contributed by atoms with Gasteiger partial charge in [-0.25, -0.2) is 0 Å². The lowest BCUT2D eigenvalue weighted by molar-refractivity contribution is 0.0973. The van der Waals surface area contributed by atoms with Crippen LogP contribution in [0.5, 0.6) is 11.5 Å². The van der Waals surface area contributed by atoms with Crippen LogP contribution in [-0.2, 0) is 0 Å². The van der Waals surface area contributed by atoms with Crippen LogP contribution in [0.3, 0.4) is 0 Å². The van der Waals surface area contributed by atoms with Gasteiger partial charge >= 0.3 is 0 Å². The molecule has 1 amide bonds. The van der Waals surface area contributed by atoms with E-state index in [9.17, 15) is 4.79 Å². The standard InChI is InChI=1S/C18H19BrN2O3S/c1-3-9-24-16-8-7-12(19)10-15(16)17(22)21-18(25)20-13-5-4-6-14(11-13)23-2/h4-8,10-11H,3,9H2,1-2H3,(H2,20,21,22,25). The van der Waals surface area contributed by atoms with E-state index < -0.39 is 0 Å². The number of carbonyl (C=O) groups is 1. The molecule has 132 valence electrons. The number of rotatable bonds is 6. The summed E-state index contributed by atoms with van der Waals surface area (Å²) in [6.45, 7) is 2.54. The molecule has 0 bridgehead atoms. The molecule has 0 aliphatic rings. The molecule has 0 fully saturated rings. The molecule has 0 heterocycles. The van der Waals surface area contributed by atoms with Gasteiger partial charge in [-0.2, -0.15) is 0 Å². The molecule has 0 saturated heterocycles. The maximum atomic E-state index is 12.5. The van der Waals surface area contributed by atoms with Crippen LogP contribution in [0.2, 0.25) is 0 Å². The molecule has 2 N–H and O–H groups in total. The molecule has 0 aliphatic heterocycles. The smallest absolute Gasteiger partial charge is 0.261 e. The molecular formula is C18H19BrN2O3S. The van der Waals surface area contributed by atoms with Gasteiger partial charge in [-0.15, -0.1) is 0 Å². The monoisotopic (exact) mass is 422 g/mol. The zero-order valence-corrected chi connectivity index (χ0v) is 16.4. The second-order valence-corrected chi connectivity index (χ2v) is 6.45. The zero-order chi connectivity index (χ0) is 18.2. The zero-order valence-electron chi connectivity index (χ0n) is 14.0. The van der Waals surface area contributed by atoms with Gasteiger partial charge in [-0.1, -0.05) is 28.9 Å². The summed E-state index contributed by atoms with van der Waals surface area (Å²) in [6, 6.07) is 12.6. The van der Waals surface area contributed by atoms with Gasteiger partial charge in [0.15, 0.2) is 5.11 Å². The van der Waals surface area contributed by atoms with E-state index in [1.807, 2.05) is 31.2 Å². The summed E-state index contributed by atoms with van der Waals surface area (Å²) in [5.74, 6) is 0.876. The Labute approximate surface area is 160 Å².